The summed E-state index contributed by atoms with van der Waals surface area (Å²) in [6.45, 7) is 5.20. The van der Waals surface area contributed by atoms with E-state index < -0.39 is 6.04 Å². The number of nitrogens with zero attached hydrogens (tertiary/aromatic N) is 1. The highest BCUT2D eigenvalue weighted by atomic mass is 19.1. The largest absolute Gasteiger partial charge is 0.370 e. The first-order valence-corrected chi connectivity index (χ1v) is 10.0. The Hall–Kier alpha value is -2.73. The van der Waals surface area contributed by atoms with E-state index >= 15 is 0 Å². The van der Waals surface area contributed by atoms with Gasteiger partial charge in [-0.1, -0.05) is 50.6 Å². The normalized spacial score (nSPS) is 18.7. The number of benzene rings is 2. The number of hydrogen-bond acceptors (Lipinski definition) is 3. The zero-order chi connectivity index (χ0) is 20.8. The van der Waals surface area contributed by atoms with Crippen molar-refractivity contribution in [1.82, 2.24) is 10.2 Å². The molecule has 154 valence electrons. The Balaban J connectivity index is 1.73. The van der Waals surface area contributed by atoms with Crippen LogP contribution in [0.3, 0.4) is 0 Å². The first-order valence-electron chi connectivity index (χ1n) is 10.0. The van der Waals surface area contributed by atoms with Gasteiger partial charge in [-0.05, 0) is 35.7 Å². The highest BCUT2D eigenvalue weighted by Gasteiger charge is 2.33. The van der Waals surface area contributed by atoms with Gasteiger partial charge in [0.2, 0.25) is 5.91 Å². The average Bonchev–Trinajstić information content (AvgIpc) is 2.77. The van der Waals surface area contributed by atoms with Crippen LogP contribution in [0.2, 0.25) is 0 Å². The molecule has 3 unspecified atom stereocenters. The predicted octanol–water partition coefficient (Wildman–Crippen LogP) is 3.57. The van der Waals surface area contributed by atoms with Crippen LogP contribution in [0.15, 0.2) is 54.6 Å². The number of rotatable bonds is 6. The Labute approximate surface area is 170 Å². The topological polar surface area (TPSA) is 58.6 Å². The minimum absolute atomic E-state index is 0.0118. The number of ether oxygens (including phenoxy) is 1. The van der Waals surface area contributed by atoms with E-state index in [4.69, 9.17) is 4.74 Å². The van der Waals surface area contributed by atoms with Crippen molar-refractivity contribution >= 4 is 11.8 Å². The van der Waals surface area contributed by atoms with Gasteiger partial charge >= 0.3 is 0 Å². The molecule has 1 fully saturated rings. The minimum Gasteiger partial charge on any atom is -0.370 e. The van der Waals surface area contributed by atoms with E-state index in [2.05, 4.69) is 5.32 Å². The fourth-order valence-electron chi connectivity index (χ4n) is 3.42. The molecule has 0 aliphatic carbocycles. The first-order chi connectivity index (χ1) is 14.0. The molecule has 0 spiro atoms. The third-order valence-corrected chi connectivity index (χ3v) is 5.42. The number of carbonyl (C=O) groups excluding carboxylic acids is 2. The first kappa shape index (κ1) is 21.0. The third-order valence-electron chi connectivity index (χ3n) is 5.42. The number of carbonyl (C=O) groups is 2. The van der Waals surface area contributed by atoms with Gasteiger partial charge in [0.1, 0.15) is 18.0 Å². The van der Waals surface area contributed by atoms with Crippen molar-refractivity contribution < 1.29 is 18.7 Å². The van der Waals surface area contributed by atoms with Gasteiger partial charge in [-0.2, -0.15) is 0 Å². The molecule has 2 amide bonds. The lowest BCUT2D eigenvalue weighted by molar-refractivity contribution is -0.142. The summed E-state index contributed by atoms with van der Waals surface area (Å²) >= 11 is 0. The van der Waals surface area contributed by atoms with Crippen LogP contribution >= 0.6 is 0 Å². The lowest BCUT2D eigenvalue weighted by Crippen LogP contribution is -2.54. The van der Waals surface area contributed by atoms with Gasteiger partial charge in [0.15, 0.2) is 0 Å². The predicted molar refractivity (Wildman–Crippen MR) is 109 cm³/mol. The Bertz CT molecular complexity index is 826. The number of halogens is 1. The van der Waals surface area contributed by atoms with Crippen LogP contribution in [-0.2, 0) is 9.53 Å². The molecule has 1 N–H and O–H groups in total. The van der Waals surface area contributed by atoms with Crippen LogP contribution in [-0.4, -0.2) is 42.5 Å². The molecule has 29 heavy (non-hydrogen) atoms. The average molecular weight is 398 g/mol. The third kappa shape index (κ3) is 5.21. The molecular formula is C23H27FN2O3. The summed E-state index contributed by atoms with van der Waals surface area (Å²) in [5, 5.41) is 2.92. The number of nitrogens with one attached hydrogen (secondary N) is 1. The zero-order valence-electron chi connectivity index (χ0n) is 16.8. The highest BCUT2D eigenvalue weighted by molar-refractivity contribution is 5.97. The van der Waals surface area contributed by atoms with E-state index in [-0.39, 0.29) is 29.7 Å². The smallest absolute Gasteiger partial charge is 0.251 e. The summed E-state index contributed by atoms with van der Waals surface area (Å²) in [6.07, 6.45) is 0.452. The van der Waals surface area contributed by atoms with Crippen LogP contribution in [0.5, 0.6) is 0 Å². The van der Waals surface area contributed by atoms with Gasteiger partial charge in [-0.15, -0.1) is 0 Å². The second-order valence-corrected chi connectivity index (χ2v) is 7.40. The van der Waals surface area contributed by atoms with E-state index in [1.807, 2.05) is 19.9 Å². The number of hydrogen-bond donors (Lipinski definition) is 1. The van der Waals surface area contributed by atoms with Crippen LogP contribution in [0, 0.1) is 11.7 Å². The standard InChI is InChI=1S/C23H27FN2O3/c1-3-16(2)21(25-22(27)18-7-5-4-6-8-18)23(28)26-13-14-29-20(15-26)17-9-11-19(24)12-10-17/h4-12,16,20-21H,3,13-15H2,1-2H3,(H,25,27). The molecule has 0 bridgehead atoms. The van der Waals surface area contributed by atoms with E-state index in [0.29, 0.717) is 25.3 Å². The fraction of sp³-hybridized carbons (Fsp3) is 0.391. The van der Waals surface area contributed by atoms with Gasteiger partial charge in [0.25, 0.3) is 5.91 Å². The molecule has 1 heterocycles. The SMILES string of the molecule is CCC(C)C(NC(=O)c1ccccc1)C(=O)N1CCOC(c2ccc(F)cc2)C1. The van der Waals surface area contributed by atoms with E-state index in [1.165, 1.54) is 12.1 Å². The summed E-state index contributed by atoms with van der Waals surface area (Å²) in [5.74, 6) is -0.688. The molecule has 6 heteroatoms. The Morgan fingerprint density at radius 3 is 2.52 bits per heavy atom. The summed E-state index contributed by atoms with van der Waals surface area (Å²) in [7, 11) is 0. The van der Waals surface area contributed by atoms with Crippen LogP contribution in [0.25, 0.3) is 0 Å². The summed E-state index contributed by atoms with van der Waals surface area (Å²) in [5.41, 5.74) is 1.36. The van der Waals surface area contributed by atoms with Gasteiger partial charge in [-0.25, -0.2) is 4.39 Å². The summed E-state index contributed by atoms with van der Waals surface area (Å²) in [4.78, 5) is 27.7. The van der Waals surface area contributed by atoms with Crippen molar-refractivity contribution in [3.05, 3.63) is 71.5 Å². The van der Waals surface area contributed by atoms with Gasteiger partial charge in [0.05, 0.1) is 13.2 Å². The van der Waals surface area contributed by atoms with Crippen molar-refractivity contribution in [3.8, 4) is 0 Å². The molecule has 1 saturated heterocycles. The molecule has 5 nitrogen and oxygen atoms in total. The molecule has 1 aliphatic rings. The van der Waals surface area contributed by atoms with Gasteiger partial charge < -0.3 is 15.0 Å². The molecule has 0 aromatic heterocycles. The summed E-state index contributed by atoms with van der Waals surface area (Å²) < 4.78 is 19.0. The molecule has 3 rings (SSSR count). The van der Waals surface area contributed by atoms with Crippen molar-refractivity contribution in [2.75, 3.05) is 19.7 Å². The molecule has 2 aromatic rings. The van der Waals surface area contributed by atoms with Crippen molar-refractivity contribution in [2.45, 2.75) is 32.4 Å². The molecule has 0 saturated carbocycles. The monoisotopic (exact) mass is 398 g/mol. The van der Waals surface area contributed by atoms with Crippen molar-refractivity contribution in [2.24, 2.45) is 5.92 Å². The molecule has 3 atom stereocenters. The molecule has 1 aliphatic heterocycles. The van der Waals surface area contributed by atoms with Crippen molar-refractivity contribution in [1.29, 1.82) is 0 Å². The Morgan fingerprint density at radius 1 is 1.17 bits per heavy atom. The van der Waals surface area contributed by atoms with Crippen molar-refractivity contribution in [3.63, 3.8) is 0 Å². The Morgan fingerprint density at radius 2 is 1.86 bits per heavy atom. The van der Waals surface area contributed by atoms with Gasteiger partial charge in [0, 0.05) is 12.1 Å². The second kappa shape index (κ2) is 9.65. The van der Waals surface area contributed by atoms with Gasteiger partial charge in [-0.3, -0.25) is 9.59 Å². The minimum atomic E-state index is -0.611. The van der Waals surface area contributed by atoms with Crippen LogP contribution in [0.4, 0.5) is 4.39 Å². The van der Waals surface area contributed by atoms with Crippen LogP contribution < -0.4 is 5.32 Å². The van der Waals surface area contributed by atoms with E-state index in [1.54, 1.807) is 41.3 Å². The fourth-order valence-corrected chi connectivity index (χ4v) is 3.42. The second-order valence-electron chi connectivity index (χ2n) is 7.40. The lowest BCUT2D eigenvalue weighted by atomic mass is 9.96. The van der Waals surface area contributed by atoms with E-state index in [9.17, 15) is 14.0 Å². The summed E-state index contributed by atoms with van der Waals surface area (Å²) in [6, 6.07) is 14.4. The lowest BCUT2D eigenvalue weighted by Gasteiger charge is -2.36. The maximum absolute atomic E-state index is 13.3. The molecular weight excluding hydrogens is 371 g/mol. The number of amides is 2. The maximum Gasteiger partial charge on any atom is 0.251 e. The molecule has 0 radical (unpaired) electrons. The zero-order valence-corrected chi connectivity index (χ0v) is 16.8. The number of morpholine rings is 1. The highest BCUT2D eigenvalue weighted by Crippen LogP contribution is 2.24. The molecule has 2 aromatic carbocycles. The van der Waals surface area contributed by atoms with Crippen LogP contribution in [0.1, 0.15) is 42.3 Å². The Kier molecular flexibility index (Phi) is 6.99. The quantitative estimate of drug-likeness (QED) is 0.809. The van der Waals surface area contributed by atoms with E-state index in [0.717, 1.165) is 12.0 Å². The maximum atomic E-state index is 13.3.